The second kappa shape index (κ2) is 4.14. The minimum Gasteiger partial charge on any atom is -0.466 e. The average Bonchev–Trinajstić information content (AvgIpc) is 2.99. The molecule has 4 nitrogen and oxygen atoms in total. The minimum atomic E-state index is -0.140. The number of rotatable bonds is 3. The van der Waals surface area contributed by atoms with Gasteiger partial charge >= 0.3 is 5.97 Å². The third-order valence-electron chi connectivity index (χ3n) is 2.40. The van der Waals surface area contributed by atoms with E-state index in [4.69, 9.17) is 16.3 Å². The molecule has 80 valence electrons. The number of aromatic nitrogens is 2. The number of halogens is 1. The topological polar surface area (TPSA) is 52.1 Å². The van der Waals surface area contributed by atoms with Gasteiger partial charge in [0.1, 0.15) is 5.15 Å². The number of nitrogens with zero attached hydrogens (tertiary/aromatic N) is 2. The van der Waals surface area contributed by atoms with Gasteiger partial charge in [0, 0.05) is 5.92 Å². The number of hydrogen-bond acceptors (Lipinski definition) is 4. The van der Waals surface area contributed by atoms with Crippen LogP contribution in [0.2, 0.25) is 5.15 Å². The standard InChI is InChI=1S/C10H11ClN2O2/c1-2-15-10(14)7-3-6(7)8-4-13-9(11)5-12-8/h4-7H,2-3H2,1H3/t6-,7-/m1/s1. The molecule has 0 bridgehead atoms. The molecule has 2 rings (SSSR count). The third kappa shape index (κ3) is 2.26. The molecule has 1 aromatic heterocycles. The maximum absolute atomic E-state index is 11.4. The van der Waals surface area contributed by atoms with Gasteiger partial charge in [0.15, 0.2) is 0 Å². The molecule has 5 heteroatoms. The molecule has 1 aromatic rings. The van der Waals surface area contributed by atoms with E-state index in [0.717, 1.165) is 12.1 Å². The Morgan fingerprint density at radius 2 is 2.40 bits per heavy atom. The van der Waals surface area contributed by atoms with Gasteiger partial charge in [-0.25, -0.2) is 4.98 Å². The first-order chi connectivity index (χ1) is 7.22. The van der Waals surface area contributed by atoms with E-state index in [9.17, 15) is 4.79 Å². The summed E-state index contributed by atoms with van der Waals surface area (Å²) in [6, 6.07) is 0. The predicted octanol–water partition coefficient (Wildman–Crippen LogP) is 1.80. The molecule has 0 N–H and O–H groups in total. The van der Waals surface area contributed by atoms with Crippen LogP contribution in [-0.4, -0.2) is 22.5 Å². The monoisotopic (exact) mass is 226 g/mol. The zero-order valence-electron chi connectivity index (χ0n) is 8.31. The Bertz CT molecular complexity index is 366. The molecule has 0 amide bonds. The second-order valence-electron chi connectivity index (χ2n) is 3.46. The normalized spacial score (nSPS) is 23.6. The van der Waals surface area contributed by atoms with E-state index in [1.165, 1.54) is 6.20 Å². The van der Waals surface area contributed by atoms with E-state index in [0.29, 0.717) is 11.8 Å². The molecule has 1 saturated carbocycles. The lowest BCUT2D eigenvalue weighted by molar-refractivity contribution is -0.144. The van der Waals surface area contributed by atoms with Crippen LogP contribution >= 0.6 is 11.6 Å². The van der Waals surface area contributed by atoms with Crippen LogP contribution in [0.5, 0.6) is 0 Å². The molecule has 1 heterocycles. The van der Waals surface area contributed by atoms with E-state index < -0.39 is 0 Å². The van der Waals surface area contributed by atoms with Crippen LogP contribution in [0.25, 0.3) is 0 Å². The summed E-state index contributed by atoms with van der Waals surface area (Å²) in [6.07, 6.45) is 3.92. The minimum absolute atomic E-state index is 0.0413. The summed E-state index contributed by atoms with van der Waals surface area (Å²) in [5.74, 6) is -0.0199. The fourth-order valence-electron chi connectivity index (χ4n) is 1.55. The molecule has 0 spiro atoms. The molecule has 0 aromatic carbocycles. The zero-order valence-corrected chi connectivity index (χ0v) is 9.07. The summed E-state index contributed by atoms with van der Waals surface area (Å²) in [4.78, 5) is 19.4. The largest absolute Gasteiger partial charge is 0.466 e. The van der Waals surface area contributed by atoms with Gasteiger partial charge < -0.3 is 4.74 Å². The lowest BCUT2D eigenvalue weighted by Crippen LogP contribution is -2.07. The van der Waals surface area contributed by atoms with Crippen molar-refractivity contribution in [3.8, 4) is 0 Å². The molecule has 0 saturated heterocycles. The van der Waals surface area contributed by atoms with Gasteiger partial charge in [0.05, 0.1) is 30.6 Å². The number of carbonyl (C=O) groups is 1. The molecule has 1 aliphatic rings. The van der Waals surface area contributed by atoms with Crippen molar-refractivity contribution in [2.24, 2.45) is 5.92 Å². The van der Waals surface area contributed by atoms with Gasteiger partial charge in [-0.3, -0.25) is 9.78 Å². The van der Waals surface area contributed by atoms with Crippen molar-refractivity contribution in [3.63, 3.8) is 0 Å². The highest BCUT2D eigenvalue weighted by Gasteiger charge is 2.46. The van der Waals surface area contributed by atoms with Gasteiger partial charge in [0.25, 0.3) is 0 Å². The predicted molar refractivity (Wildman–Crippen MR) is 54.5 cm³/mol. The van der Waals surface area contributed by atoms with Crippen molar-refractivity contribution in [1.29, 1.82) is 0 Å². The quantitative estimate of drug-likeness (QED) is 0.738. The molecule has 0 aliphatic heterocycles. The SMILES string of the molecule is CCOC(=O)[C@@H]1C[C@H]1c1cnc(Cl)cn1. The first kappa shape index (κ1) is 10.4. The summed E-state index contributed by atoms with van der Waals surface area (Å²) < 4.78 is 4.93. The molecule has 0 unspecified atom stereocenters. The second-order valence-corrected chi connectivity index (χ2v) is 3.85. The molecular weight excluding hydrogens is 216 g/mol. The van der Waals surface area contributed by atoms with E-state index in [1.807, 2.05) is 0 Å². The van der Waals surface area contributed by atoms with Crippen LogP contribution in [0, 0.1) is 5.92 Å². The molecule has 2 atom stereocenters. The van der Waals surface area contributed by atoms with Gasteiger partial charge in [0.2, 0.25) is 0 Å². The van der Waals surface area contributed by atoms with E-state index in [-0.39, 0.29) is 17.8 Å². The smallest absolute Gasteiger partial charge is 0.309 e. The number of hydrogen-bond donors (Lipinski definition) is 0. The van der Waals surface area contributed by atoms with Crippen LogP contribution in [0.3, 0.4) is 0 Å². The summed E-state index contributed by atoms with van der Waals surface area (Å²) in [6.45, 7) is 2.23. The number of ether oxygens (including phenoxy) is 1. The Hall–Kier alpha value is -1.16. The van der Waals surface area contributed by atoms with E-state index >= 15 is 0 Å². The van der Waals surface area contributed by atoms with Gasteiger partial charge in [-0.2, -0.15) is 0 Å². The van der Waals surface area contributed by atoms with Crippen LogP contribution in [0.4, 0.5) is 0 Å². The Labute approximate surface area is 92.6 Å². The lowest BCUT2D eigenvalue weighted by atomic mass is 10.2. The van der Waals surface area contributed by atoms with Crippen LogP contribution in [0.15, 0.2) is 12.4 Å². The first-order valence-corrected chi connectivity index (χ1v) is 5.24. The third-order valence-corrected chi connectivity index (χ3v) is 2.60. The van der Waals surface area contributed by atoms with Crippen molar-refractivity contribution in [3.05, 3.63) is 23.2 Å². The Kier molecular flexibility index (Phi) is 2.86. The summed E-state index contributed by atoms with van der Waals surface area (Å²) >= 11 is 5.62. The van der Waals surface area contributed by atoms with Crippen LogP contribution in [-0.2, 0) is 9.53 Å². The van der Waals surface area contributed by atoms with Crippen molar-refractivity contribution in [2.45, 2.75) is 19.3 Å². The van der Waals surface area contributed by atoms with Crippen molar-refractivity contribution in [1.82, 2.24) is 9.97 Å². The molecule has 1 aliphatic carbocycles. The fourth-order valence-corrected chi connectivity index (χ4v) is 1.64. The van der Waals surface area contributed by atoms with Crippen molar-refractivity contribution in [2.75, 3.05) is 6.61 Å². The Balaban J connectivity index is 1.98. The van der Waals surface area contributed by atoms with Gasteiger partial charge in [-0.1, -0.05) is 11.6 Å². The molecule has 0 radical (unpaired) electrons. The maximum Gasteiger partial charge on any atom is 0.309 e. The summed E-state index contributed by atoms with van der Waals surface area (Å²) in [5.41, 5.74) is 0.817. The van der Waals surface area contributed by atoms with Crippen molar-refractivity contribution >= 4 is 17.6 Å². The number of esters is 1. The fraction of sp³-hybridized carbons (Fsp3) is 0.500. The van der Waals surface area contributed by atoms with E-state index in [1.54, 1.807) is 13.1 Å². The highest BCUT2D eigenvalue weighted by Crippen LogP contribution is 2.47. The van der Waals surface area contributed by atoms with Crippen LogP contribution in [0.1, 0.15) is 25.0 Å². The summed E-state index contributed by atoms with van der Waals surface area (Å²) in [7, 11) is 0. The van der Waals surface area contributed by atoms with Crippen molar-refractivity contribution < 1.29 is 9.53 Å². The van der Waals surface area contributed by atoms with Crippen LogP contribution < -0.4 is 0 Å². The summed E-state index contributed by atoms with van der Waals surface area (Å²) in [5, 5.41) is 0.368. The number of carbonyl (C=O) groups excluding carboxylic acids is 1. The molecule has 15 heavy (non-hydrogen) atoms. The Morgan fingerprint density at radius 3 is 3.00 bits per heavy atom. The van der Waals surface area contributed by atoms with Gasteiger partial charge in [-0.05, 0) is 13.3 Å². The first-order valence-electron chi connectivity index (χ1n) is 4.86. The zero-order chi connectivity index (χ0) is 10.8. The maximum atomic E-state index is 11.4. The molecular formula is C10H11ClN2O2. The molecule has 1 fully saturated rings. The lowest BCUT2D eigenvalue weighted by Gasteiger charge is -2.00. The van der Waals surface area contributed by atoms with E-state index in [2.05, 4.69) is 9.97 Å². The average molecular weight is 227 g/mol. The van der Waals surface area contributed by atoms with Gasteiger partial charge in [-0.15, -0.1) is 0 Å². The Morgan fingerprint density at radius 1 is 1.60 bits per heavy atom. The highest BCUT2D eigenvalue weighted by molar-refractivity contribution is 6.29. The highest BCUT2D eigenvalue weighted by atomic mass is 35.5.